The van der Waals surface area contributed by atoms with E-state index in [0.717, 1.165) is 24.1 Å². The van der Waals surface area contributed by atoms with Crippen LogP contribution in [0.4, 0.5) is 5.69 Å². The number of nitrogens with zero attached hydrogens (tertiary/aromatic N) is 2. The van der Waals surface area contributed by atoms with Gasteiger partial charge in [-0.25, -0.2) is 0 Å². The molecule has 2 amide bonds. The number of rotatable bonds is 8. The molecule has 1 N–H and O–H groups in total. The first kappa shape index (κ1) is 26.2. The van der Waals surface area contributed by atoms with Gasteiger partial charge in [0.2, 0.25) is 5.91 Å². The number of piperidine rings is 1. The Labute approximate surface area is 214 Å². The van der Waals surface area contributed by atoms with Crippen LogP contribution < -0.4 is 10.2 Å². The number of nitrogens with one attached hydrogen (secondary N) is 1. The minimum Gasteiger partial charge on any atom is -0.382 e. The van der Waals surface area contributed by atoms with E-state index in [-0.39, 0.29) is 35.3 Å². The summed E-state index contributed by atoms with van der Waals surface area (Å²) >= 11 is 0. The number of hydrogen-bond acceptors (Lipinski definition) is 5. The van der Waals surface area contributed by atoms with Gasteiger partial charge in [-0.1, -0.05) is 44.2 Å². The molecule has 1 fully saturated rings. The number of hydrogen-bond donors (Lipinski definition) is 1. The number of anilines is 1. The lowest BCUT2D eigenvalue weighted by atomic mass is 9.71. The standard InChI is InChI=1S/C29H39N3O4/c1-20(2)27(33)30-25-23-11-6-7-12-24(23)29(26(25)36-18-17-35-5)13-15-32(16-14-29)28(34)21-9-8-10-22(19-21)31(3)4/h6-12,19-20,25-26H,13-18H2,1-5H3,(H,30,33)/t25-,26+/m1/s1. The third-order valence-corrected chi connectivity index (χ3v) is 7.64. The van der Waals surface area contributed by atoms with Gasteiger partial charge >= 0.3 is 0 Å². The molecule has 194 valence electrons. The number of likely N-dealkylation sites (tertiary alicyclic amines) is 1. The molecule has 1 saturated heterocycles. The van der Waals surface area contributed by atoms with Crippen LogP contribution in [0.25, 0.3) is 0 Å². The van der Waals surface area contributed by atoms with Crippen molar-refractivity contribution in [2.45, 2.75) is 44.2 Å². The quantitative estimate of drug-likeness (QED) is 0.567. The summed E-state index contributed by atoms with van der Waals surface area (Å²) in [6, 6.07) is 15.9. The average molecular weight is 494 g/mol. The van der Waals surface area contributed by atoms with Crippen molar-refractivity contribution >= 4 is 17.5 Å². The van der Waals surface area contributed by atoms with Crippen molar-refractivity contribution in [3.8, 4) is 0 Å². The molecule has 0 aromatic heterocycles. The zero-order chi connectivity index (χ0) is 25.9. The van der Waals surface area contributed by atoms with Gasteiger partial charge in [0.1, 0.15) is 0 Å². The van der Waals surface area contributed by atoms with Gasteiger partial charge in [0.05, 0.1) is 25.4 Å². The van der Waals surface area contributed by atoms with Crippen molar-refractivity contribution in [3.63, 3.8) is 0 Å². The van der Waals surface area contributed by atoms with Gasteiger partial charge < -0.3 is 24.6 Å². The second kappa shape index (κ2) is 11.0. The highest BCUT2D eigenvalue weighted by molar-refractivity contribution is 5.95. The molecule has 2 atom stereocenters. The molecule has 36 heavy (non-hydrogen) atoms. The lowest BCUT2D eigenvalue weighted by molar-refractivity contribution is -0.127. The molecule has 0 radical (unpaired) electrons. The highest BCUT2D eigenvalue weighted by Crippen LogP contribution is 2.52. The first-order valence-electron chi connectivity index (χ1n) is 12.9. The summed E-state index contributed by atoms with van der Waals surface area (Å²) in [4.78, 5) is 30.1. The number of fused-ring (bicyclic) bond motifs is 2. The molecule has 2 aromatic carbocycles. The largest absolute Gasteiger partial charge is 0.382 e. The maximum Gasteiger partial charge on any atom is 0.253 e. The number of ether oxygens (including phenoxy) is 2. The van der Waals surface area contributed by atoms with Crippen LogP contribution in [0.5, 0.6) is 0 Å². The summed E-state index contributed by atoms with van der Waals surface area (Å²) < 4.78 is 11.8. The molecule has 7 heteroatoms. The van der Waals surface area contributed by atoms with Gasteiger partial charge in [-0.2, -0.15) is 0 Å². The lowest BCUT2D eigenvalue weighted by Gasteiger charge is -2.44. The molecule has 2 aliphatic rings. The van der Waals surface area contributed by atoms with Crippen molar-refractivity contribution < 1.29 is 19.1 Å². The Hall–Kier alpha value is -2.90. The number of methoxy groups -OCH3 is 1. The molecular formula is C29H39N3O4. The van der Waals surface area contributed by atoms with Gasteiger partial charge in [-0.05, 0) is 42.2 Å². The zero-order valence-electron chi connectivity index (χ0n) is 22.1. The first-order chi connectivity index (χ1) is 17.3. The minimum atomic E-state index is -0.276. The molecule has 0 unspecified atom stereocenters. The van der Waals surface area contributed by atoms with E-state index in [1.807, 2.05) is 68.1 Å². The highest BCUT2D eigenvalue weighted by atomic mass is 16.5. The Morgan fingerprint density at radius 3 is 2.47 bits per heavy atom. The van der Waals surface area contributed by atoms with Crippen molar-refractivity contribution in [1.29, 1.82) is 0 Å². The molecule has 1 aliphatic heterocycles. The molecule has 1 heterocycles. The van der Waals surface area contributed by atoms with Crippen LogP contribution in [0.15, 0.2) is 48.5 Å². The van der Waals surface area contributed by atoms with Crippen LogP contribution in [0, 0.1) is 5.92 Å². The van der Waals surface area contributed by atoms with Crippen molar-refractivity contribution in [3.05, 3.63) is 65.2 Å². The Kier molecular flexibility index (Phi) is 8.00. The second-order valence-electron chi connectivity index (χ2n) is 10.4. The molecule has 0 bridgehead atoms. The van der Waals surface area contributed by atoms with Crippen LogP contribution in [-0.2, 0) is 19.7 Å². The van der Waals surface area contributed by atoms with Crippen LogP contribution in [0.1, 0.15) is 54.2 Å². The van der Waals surface area contributed by atoms with Crippen LogP contribution in [-0.4, -0.2) is 70.3 Å². The maximum absolute atomic E-state index is 13.4. The van der Waals surface area contributed by atoms with Crippen molar-refractivity contribution in [1.82, 2.24) is 10.2 Å². The number of carbonyl (C=O) groups is 2. The second-order valence-corrected chi connectivity index (χ2v) is 10.4. The zero-order valence-corrected chi connectivity index (χ0v) is 22.1. The van der Waals surface area contributed by atoms with E-state index in [1.165, 1.54) is 5.56 Å². The maximum atomic E-state index is 13.4. The number of carbonyl (C=O) groups excluding carboxylic acids is 2. The smallest absolute Gasteiger partial charge is 0.253 e. The van der Waals surface area contributed by atoms with E-state index < -0.39 is 0 Å². The molecule has 1 aliphatic carbocycles. The minimum absolute atomic E-state index is 0.0144. The molecule has 4 rings (SSSR count). The number of benzene rings is 2. The molecular weight excluding hydrogens is 454 g/mol. The van der Waals surface area contributed by atoms with Crippen LogP contribution >= 0.6 is 0 Å². The summed E-state index contributed by atoms with van der Waals surface area (Å²) in [5.41, 5.74) is 3.78. The fourth-order valence-electron chi connectivity index (χ4n) is 5.61. The van der Waals surface area contributed by atoms with E-state index in [1.54, 1.807) is 7.11 Å². The monoisotopic (exact) mass is 493 g/mol. The predicted molar refractivity (Wildman–Crippen MR) is 141 cm³/mol. The Bertz CT molecular complexity index is 1080. The normalized spacial score (nSPS) is 20.4. The van der Waals surface area contributed by atoms with Crippen molar-refractivity contribution in [2.75, 3.05) is 52.4 Å². The first-order valence-corrected chi connectivity index (χ1v) is 12.9. The Morgan fingerprint density at radius 1 is 1.08 bits per heavy atom. The molecule has 0 saturated carbocycles. The average Bonchev–Trinajstić information content (AvgIpc) is 3.12. The summed E-state index contributed by atoms with van der Waals surface area (Å²) in [5, 5.41) is 3.27. The Balaban J connectivity index is 1.60. The summed E-state index contributed by atoms with van der Waals surface area (Å²) in [7, 11) is 5.61. The van der Waals surface area contributed by atoms with E-state index in [0.29, 0.717) is 31.9 Å². The van der Waals surface area contributed by atoms with E-state index >= 15 is 0 Å². The predicted octanol–water partition coefficient (Wildman–Crippen LogP) is 3.79. The van der Waals surface area contributed by atoms with Gasteiger partial charge in [0.25, 0.3) is 5.91 Å². The topological polar surface area (TPSA) is 71.1 Å². The third-order valence-electron chi connectivity index (χ3n) is 7.64. The van der Waals surface area contributed by atoms with E-state index in [4.69, 9.17) is 9.47 Å². The van der Waals surface area contributed by atoms with Gasteiger partial charge in [0.15, 0.2) is 0 Å². The third kappa shape index (κ3) is 5.00. The Morgan fingerprint density at radius 2 is 1.81 bits per heavy atom. The van der Waals surface area contributed by atoms with Crippen LogP contribution in [0.2, 0.25) is 0 Å². The summed E-state index contributed by atoms with van der Waals surface area (Å²) in [6.07, 6.45) is 1.32. The van der Waals surface area contributed by atoms with E-state index in [9.17, 15) is 9.59 Å². The summed E-state index contributed by atoms with van der Waals surface area (Å²) in [5.74, 6) is -0.0485. The SMILES string of the molecule is COCCO[C@H]1[C@H](NC(=O)C(C)C)c2ccccc2C12CCN(C(=O)c1cccc(N(C)C)c1)CC2. The molecule has 2 aromatic rings. The molecule has 1 spiro atoms. The van der Waals surface area contributed by atoms with Gasteiger partial charge in [-0.15, -0.1) is 0 Å². The fourth-order valence-corrected chi connectivity index (χ4v) is 5.61. The van der Waals surface area contributed by atoms with Gasteiger partial charge in [-0.3, -0.25) is 9.59 Å². The lowest BCUT2D eigenvalue weighted by Crippen LogP contribution is -2.52. The van der Waals surface area contributed by atoms with Gasteiger partial charge in [0, 0.05) is 56.9 Å². The fraction of sp³-hybridized carbons (Fsp3) is 0.517. The van der Waals surface area contributed by atoms with Crippen molar-refractivity contribution in [2.24, 2.45) is 5.92 Å². The summed E-state index contributed by atoms with van der Waals surface area (Å²) in [6.45, 7) is 6.01. The number of amides is 2. The van der Waals surface area contributed by atoms with Crippen LogP contribution in [0.3, 0.4) is 0 Å². The van der Waals surface area contributed by atoms with E-state index in [2.05, 4.69) is 23.5 Å². The molecule has 7 nitrogen and oxygen atoms in total. The highest BCUT2D eigenvalue weighted by Gasteiger charge is 2.54.